The molecule has 2 aromatic rings. The molecule has 0 saturated carbocycles. The Morgan fingerprint density at radius 1 is 1.29 bits per heavy atom. The van der Waals surface area contributed by atoms with Crippen LogP contribution in [0.1, 0.15) is 41.9 Å². The van der Waals surface area contributed by atoms with Crippen LogP contribution in [-0.2, 0) is 12.8 Å². The number of fused-ring (bicyclic) bond motifs is 2. The number of rotatable bonds is 6. The molecule has 4 nitrogen and oxygen atoms in total. The predicted molar refractivity (Wildman–Crippen MR) is 98.9 cm³/mol. The van der Waals surface area contributed by atoms with Crippen molar-refractivity contribution in [2.45, 2.75) is 33.1 Å². The zero-order valence-corrected chi connectivity index (χ0v) is 15.1. The molecule has 1 amide bonds. The van der Waals surface area contributed by atoms with E-state index in [9.17, 15) is 4.79 Å². The van der Waals surface area contributed by atoms with Crippen LogP contribution in [0, 0.1) is 0 Å². The SMILES string of the molecule is CCN(CC)CCNC(=O)c1ccc2c(Cl)c3c(nc2c1)CCC3. The van der Waals surface area contributed by atoms with Crippen LogP contribution >= 0.6 is 11.6 Å². The van der Waals surface area contributed by atoms with Crippen molar-refractivity contribution < 1.29 is 4.79 Å². The van der Waals surface area contributed by atoms with Gasteiger partial charge in [0, 0.05) is 29.7 Å². The fourth-order valence-corrected chi connectivity index (χ4v) is 3.68. The summed E-state index contributed by atoms with van der Waals surface area (Å²) in [4.78, 5) is 19.4. The first-order valence-corrected chi connectivity index (χ1v) is 9.13. The third kappa shape index (κ3) is 3.40. The van der Waals surface area contributed by atoms with Gasteiger partial charge in [-0.25, -0.2) is 0 Å². The summed E-state index contributed by atoms with van der Waals surface area (Å²) < 4.78 is 0. The van der Waals surface area contributed by atoms with E-state index in [1.165, 1.54) is 5.56 Å². The second-order valence-corrected chi connectivity index (χ2v) is 6.60. The number of halogens is 1. The first kappa shape index (κ1) is 17.2. The number of amides is 1. The number of pyridine rings is 1. The molecule has 0 saturated heterocycles. The summed E-state index contributed by atoms with van der Waals surface area (Å²) in [6, 6.07) is 5.61. The minimum Gasteiger partial charge on any atom is -0.351 e. The number of hydrogen-bond acceptors (Lipinski definition) is 3. The maximum Gasteiger partial charge on any atom is 0.251 e. The molecule has 5 heteroatoms. The molecule has 0 unspecified atom stereocenters. The molecule has 0 atom stereocenters. The average Bonchev–Trinajstić information content (AvgIpc) is 3.07. The summed E-state index contributed by atoms with van der Waals surface area (Å²) in [5.41, 5.74) is 3.73. The van der Waals surface area contributed by atoms with Gasteiger partial charge in [-0.3, -0.25) is 9.78 Å². The van der Waals surface area contributed by atoms with Crippen molar-refractivity contribution in [1.82, 2.24) is 15.2 Å². The molecule has 24 heavy (non-hydrogen) atoms. The maximum absolute atomic E-state index is 12.4. The highest BCUT2D eigenvalue weighted by Crippen LogP contribution is 2.33. The minimum absolute atomic E-state index is 0.0533. The molecule has 0 radical (unpaired) electrons. The van der Waals surface area contributed by atoms with E-state index in [4.69, 9.17) is 16.6 Å². The van der Waals surface area contributed by atoms with E-state index in [-0.39, 0.29) is 5.91 Å². The van der Waals surface area contributed by atoms with Gasteiger partial charge in [-0.1, -0.05) is 31.5 Å². The van der Waals surface area contributed by atoms with E-state index in [1.807, 2.05) is 18.2 Å². The van der Waals surface area contributed by atoms with Crippen LogP contribution in [0.25, 0.3) is 10.9 Å². The van der Waals surface area contributed by atoms with Crippen molar-refractivity contribution in [2.24, 2.45) is 0 Å². The molecule has 1 aromatic heterocycles. The van der Waals surface area contributed by atoms with Gasteiger partial charge in [0.25, 0.3) is 5.91 Å². The van der Waals surface area contributed by atoms with Crippen LogP contribution in [0.15, 0.2) is 18.2 Å². The Morgan fingerprint density at radius 3 is 2.83 bits per heavy atom. The number of carbonyl (C=O) groups is 1. The number of hydrogen-bond donors (Lipinski definition) is 1. The van der Waals surface area contributed by atoms with Crippen LogP contribution in [0.5, 0.6) is 0 Å². The minimum atomic E-state index is -0.0533. The van der Waals surface area contributed by atoms with E-state index in [2.05, 4.69) is 24.1 Å². The summed E-state index contributed by atoms with van der Waals surface area (Å²) in [6.07, 6.45) is 3.09. The summed E-state index contributed by atoms with van der Waals surface area (Å²) in [7, 11) is 0. The van der Waals surface area contributed by atoms with Gasteiger partial charge in [-0.15, -0.1) is 0 Å². The Balaban J connectivity index is 1.76. The van der Waals surface area contributed by atoms with Crippen LogP contribution in [0.3, 0.4) is 0 Å². The second-order valence-electron chi connectivity index (χ2n) is 6.22. The Morgan fingerprint density at radius 2 is 2.08 bits per heavy atom. The van der Waals surface area contributed by atoms with Gasteiger partial charge in [0.2, 0.25) is 0 Å². The lowest BCUT2D eigenvalue weighted by atomic mass is 10.1. The molecule has 1 heterocycles. The van der Waals surface area contributed by atoms with E-state index < -0.39 is 0 Å². The lowest BCUT2D eigenvalue weighted by Crippen LogP contribution is -2.34. The van der Waals surface area contributed by atoms with Gasteiger partial charge in [-0.05, 0) is 50.0 Å². The number of benzene rings is 1. The normalized spacial score (nSPS) is 13.5. The van der Waals surface area contributed by atoms with Crippen LogP contribution in [0.2, 0.25) is 5.02 Å². The number of aryl methyl sites for hydroxylation is 1. The number of aromatic nitrogens is 1. The fourth-order valence-electron chi connectivity index (χ4n) is 3.32. The molecular formula is C19H24ClN3O. The molecular weight excluding hydrogens is 322 g/mol. The highest BCUT2D eigenvalue weighted by molar-refractivity contribution is 6.36. The molecule has 0 fully saturated rings. The summed E-state index contributed by atoms with van der Waals surface area (Å²) in [6.45, 7) is 7.76. The third-order valence-electron chi connectivity index (χ3n) is 4.81. The second kappa shape index (κ2) is 7.49. The van der Waals surface area contributed by atoms with Crippen LogP contribution < -0.4 is 5.32 Å². The molecule has 0 bridgehead atoms. The average molecular weight is 346 g/mol. The first-order valence-electron chi connectivity index (χ1n) is 8.75. The molecule has 0 aliphatic heterocycles. The predicted octanol–water partition coefficient (Wildman–Crippen LogP) is 3.45. The van der Waals surface area contributed by atoms with Crippen molar-refractivity contribution in [1.29, 1.82) is 0 Å². The van der Waals surface area contributed by atoms with E-state index in [0.29, 0.717) is 12.1 Å². The maximum atomic E-state index is 12.4. The lowest BCUT2D eigenvalue weighted by molar-refractivity contribution is 0.0949. The summed E-state index contributed by atoms with van der Waals surface area (Å²) in [5.74, 6) is -0.0533. The standard InChI is InChI=1S/C19H24ClN3O/c1-3-23(4-2)11-10-21-19(24)13-8-9-15-17(12-13)22-16-7-5-6-14(16)18(15)20/h8-9,12H,3-7,10-11H2,1-2H3,(H,21,24). The topological polar surface area (TPSA) is 45.2 Å². The van der Waals surface area contributed by atoms with E-state index >= 15 is 0 Å². The fraction of sp³-hybridized carbons (Fsp3) is 0.474. The Labute approximate surface area is 148 Å². The Kier molecular flexibility index (Phi) is 5.36. The van der Waals surface area contributed by atoms with Crippen molar-refractivity contribution in [2.75, 3.05) is 26.2 Å². The molecule has 3 rings (SSSR count). The highest BCUT2D eigenvalue weighted by Gasteiger charge is 2.19. The van der Waals surface area contributed by atoms with Gasteiger partial charge in [0.1, 0.15) is 0 Å². The number of carbonyl (C=O) groups excluding carboxylic acids is 1. The lowest BCUT2D eigenvalue weighted by Gasteiger charge is -2.18. The third-order valence-corrected chi connectivity index (χ3v) is 5.25. The van der Waals surface area contributed by atoms with Crippen LogP contribution in [-0.4, -0.2) is 42.0 Å². The molecule has 1 aliphatic rings. The molecule has 1 aromatic carbocycles. The summed E-state index contributed by atoms with van der Waals surface area (Å²) in [5, 5.41) is 4.74. The zero-order valence-electron chi connectivity index (χ0n) is 14.4. The van der Waals surface area contributed by atoms with E-state index in [0.717, 1.165) is 60.5 Å². The van der Waals surface area contributed by atoms with Gasteiger partial charge in [0.05, 0.1) is 10.5 Å². The first-order chi connectivity index (χ1) is 11.6. The smallest absolute Gasteiger partial charge is 0.251 e. The van der Waals surface area contributed by atoms with Crippen molar-refractivity contribution >= 4 is 28.4 Å². The largest absolute Gasteiger partial charge is 0.351 e. The molecule has 1 N–H and O–H groups in total. The van der Waals surface area contributed by atoms with E-state index in [1.54, 1.807) is 0 Å². The van der Waals surface area contributed by atoms with Gasteiger partial charge in [0.15, 0.2) is 0 Å². The Hall–Kier alpha value is -1.65. The van der Waals surface area contributed by atoms with Crippen molar-refractivity contribution in [3.63, 3.8) is 0 Å². The monoisotopic (exact) mass is 345 g/mol. The Bertz CT molecular complexity index is 756. The summed E-state index contributed by atoms with van der Waals surface area (Å²) >= 11 is 6.52. The molecule has 128 valence electrons. The number of nitrogens with zero attached hydrogens (tertiary/aromatic N) is 2. The number of nitrogens with one attached hydrogen (secondary N) is 1. The van der Waals surface area contributed by atoms with Gasteiger partial charge in [-0.2, -0.15) is 0 Å². The highest BCUT2D eigenvalue weighted by atomic mass is 35.5. The quantitative estimate of drug-likeness (QED) is 0.872. The number of likely N-dealkylation sites (N-methyl/N-ethyl adjacent to an activating group) is 1. The van der Waals surface area contributed by atoms with Crippen molar-refractivity contribution in [3.05, 3.63) is 40.0 Å². The zero-order chi connectivity index (χ0) is 17.1. The molecule has 1 aliphatic carbocycles. The van der Waals surface area contributed by atoms with Crippen molar-refractivity contribution in [3.8, 4) is 0 Å². The van der Waals surface area contributed by atoms with Gasteiger partial charge >= 0.3 is 0 Å². The van der Waals surface area contributed by atoms with Crippen LogP contribution in [0.4, 0.5) is 0 Å². The van der Waals surface area contributed by atoms with Gasteiger partial charge < -0.3 is 10.2 Å². The molecule has 0 spiro atoms.